The molecule has 1 saturated heterocycles. The largest absolute Gasteiger partial charge is 0.352 e. The van der Waals surface area contributed by atoms with Crippen molar-refractivity contribution in [2.75, 3.05) is 0 Å². The lowest BCUT2D eigenvalue weighted by molar-refractivity contribution is -0.134. The average molecular weight is 425 g/mol. The van der Waals surface area contributed by atoms with Crippen LogP contribution in [0.5, 0.6) is 0 Å². The third-order valence-corrected chi connectivity index (χ3v) is 6.77. The molecule has 3 rings (SSSR count). The van der Waals surface area contributed by atoms with Gasteiger partial charge in [0.15, 0.2) is 0 Å². The Morgan fingerprint density at radius 2 is 1.75 bits per heavy atom. The topological polar surface area (TPSA) is 75.3 Å². The van der Waals surface area contributed by atoms with Crippen LogP contribution in [0.15, 0.2) is 12.1 Å². The maximum Gasteiger partial charge on any atom is 0.234 e. The van der Waals surface area contributed by atoms with Gasteiger partial charge < -0.3 is 5.32 Å². The van der Waals surface area contributed by atoms with Crippen LogP contribution in [0.2, 0.25) is 10.0 Å². The van der Waals surface area contributed by atoms with E-state index in [2.05, 4.69) is 10.6 Å². The van der Waals surface area contributed by atoms with Gasteiger partial charge in [-0.2, -0.15) is 0 Å². The van der Waals surface area contributed by atoms with Crippen molar-refractivity contribution in [1.82, 2.24) is 10.6 Å². The summed E-state index contributed by atoms with van der Waals surface area (Å²) in [6.07, 6.45) is 5.22. The molecule has 2 N–H and O–H groups in total. The van der Waals surface area contributed by atoms with Crippen LogP contribution in [-0.4, -0.2) is 17.7 Å². The summed E-state index contributed by atoms with van der Waals surface area (Å²) in [5.41, 5.74) is 0.910. The van der Waals surface area contributed by atoms with E-state index in [-0.39, 0.29) is 24.1 Å². The first-order chi connectivity index (χ1) is 13.2. The minimum atomic E-state index is -0.539. The number of carbonyl (C=O) groups excluding carboxylic acids is 3. The summed E-state index contributed by atoms with van der Waals surface area (Å²) in [7, 11) is 0. The molecular formula is C21H26Cl2N2O3. The minimum absolute atomic E-state index is 0.0286. The molecule has 7 heteroatoms. The van der Waals surface area contributed by atoms with E-state index in [4.69, 9.17) is 23.2 Å². The van der Waals surface area contributed by atoms with Gasteiger partial charge in [0.25, 0.3) is 0 Å². The number of amides is 3. The highest BCUT2D eigenvalue weighted by Crippen LogP contribution is 2.40. The van der Waals surface area contributed by atoms with Crippen molar-refractivity contribution in [2.24, 2.45) is 11.3 Å². The highest BCUT2D eigenvalue weighted by atomic mass is 35.5. The van der Waals surface area contributed by atoms with Crippen LogP contribution in [0.25, 0.3) is 0 Å². The number of hydrogen-bond donors (Lipinski definition) is 2. The van der Waals surface area contributed by atoms with E-state index in [9.17, 15) is 14.4 Å². The molecule has 0 aromatic heterocycles. The molecule has 1 heterocycles. The quantitative estimate of drug-likeness (QED) is 0.689. The second kappa shape index (κ2) is 8.42. The van der Waals surface area contributed by atoms with Gasteiger partial charge in [-0.3, -0.25) is 19.7 Å². The summed E-state index contributed by atoms with van der Waals surface area (Å²) in [5.74, 6) is -0.754. The average Bonchev–Trinajstić information content (AvgIpc) is 3.16. The molecular weight excluding hydrogens is 399 g/mol. The van der Waals surface area contributed by atoms with Gasteiger partial charge in [0.1, 0.15) is 0 Å². The fourth-order valence-corrected chi connectivity index (χ4v) is 5.08. The number of hydrogen-bond acceptors (Lipinski definition) is 3. The molecule has 1 aromatic rings. The van der Waals surface area contributed by atoms with Crippen LogP contribution in [0.3, 0.4) is 0 Å². The van der Waals surface area contributed by atoms with Crippen LogP contribution < -0.4 is 10.6 Å². The van der Waals surface area contributed by atoms with E-state index < -0.39 is 11.3 Å². The summed E-state index contributed by atoms with van der Waals surface area (Å²) in [4.78, 5) is 36.2. The molecule has 1 aliphatic carbocycles. The maximum absolute atomic E-state index is 12.7. The molecule has 1 atom stereocenters. The van der Waals surface area contributed by atoms with Gasteiger partial charge in [-0.25, -0.2) is 0 Å². The van der Waals surface area contributed by atoms with Gasteiger partial charge in [-0.1, -0.05) is 49.9 Å². The predicted molar refractivity (Wildman–Crippen MR) is 109 cm³/mol. The number of benzene rings is 1. The van der Waals surface area contributed by atoms with Crippen molar-refractivity contribution in [3.63, 3.8) is 0 Å². The van der Waals surface area contributed by atoms with Gasteiger partial charge >= 0.3 is 0 Å². The number of carbonyl (C=O) groups is 3. The van der Waals surface area contributed by atoms with Gasteiger partial charge in [0, 0.05) is 34.0 Å². The van der Waals surface area contributed by atoms with Crippen molar-refractivity contribution < 1.29 is 14.4 Å². The molecule has 1 unspecified atom stereocenters. The van der Waals surface area contributed by atoms with Crippen LogP contribution in [0.4, 0.5) is 0 Å². The zero-order valence-corrected chi connectivity index (χ0v) is 17.8. The van der Waals surface area contributed by atoms with Crippen molar-refractivity contribution in [3.8, 4) is 0 Å². The highest BCUT2D eigenvalue weighted by Gasteiger charge is 2.38. The smallest absolute Gasteiger partial charge is 0.234 e. The summed E-state index contributed by atoms with van der Waals surface area (Å²) >= 11 is 12.8. The Morgan fingerprint density at radius 3 is 2.32 bits per heavy atom. The Labute approximate surface area is 175 Å². The van der Waals surface area contributed by atoms with Crippen molar-refractivity contribution >= 4 is 40.9 Å². The molecule has 3 amide bonds. The van der Waals surface area contributed by atoms with Crippen LogP contribution in [0.1, 0.15) is 69.4 Å². The molecule has 5 nitrogen and oxygen atoms in total. The first kappa shape index (κ1) is 21.1. The van der Waals surface area contributed by atoms with E-state index in [0.717, 1.165) is 18.4 Å². The lowest BCUT2D eigenvalue weighted by Crippen LogP contribution is -2.41. The second-order valence-corrected chi connectivity index (χ2v) is 9.18. The van der Waals surface area contributed by atoms with Gasteiger partial charge in [0.2, 0.25) is 17.7 Å². The molecule has 0 bridgehead atoms. The molecule has 2 aliphatic rings. The summed E-state index contributed by atoms with van der Waals surface area (Å²) in [6, 6.07) is 3.46. The van der Waals surface area contributed by atoms with Crippen molar-refractivity contribution in [1.29, 1.82) is 0 Å². The normalized spacial score (nSPS) is 20.9. The van der Waals surface area contributed by atoms with E-state index in [1.807, 2.05) is 13.8 Å². The monoisotopic (exact) mass is 424 g/mol. The van der Waals surface area contributed by atoms with Gasteiger partial charge in [0.05, 0.1) is 5.92 Å². The van der Waals surface area contributed by atoms with Gasteiger partial charge in [-0.05, 0) is 42.9 Å². The zero-order chi connectivity index (χ0) is 20.5. The van der Waals surface area contributed by atoms with E-state index in [1.54, 1.807) is 12.1 Å². The lowest BCUT2D eigenvalue weighted by Gasteiger charge is -2.30. The second-order valence-electron chi connectivity index (χ2n) is 8.36. The molecule has 0 spiro atoms. The number of nitrogens with one attached hydrogen (secondary N) is 2. The number of halogens is 2. The van der Waals surface area contributed by atoms with Crippen molar-refractivity contribution in [3.05, 3.63) is 33.3 Å². The zero-order valence-electron chi connectivity index (χ0n) is 16.2. The fraction of sp³-hybridized carbons (Fsp3) is 0.571. The van der Waals surface area contributed by atoms with Crippen LogP contribution >= 0.6 is 23.2 Å². The number of rotatable bonds is 5. The third kappa shape index (κ3) is 4.36. The number of piperidine rings is 1. The molecule has 1 aliphatic heterocycles. The summed E-state index contributed by atoms with van der Waals surface area (Å²) < 4.78 is 0. The van der Waals surface area contributed by atoms with E-state index in [0.29, 0.717) is 34.5 Å². The predicted octanol–water partition coefficient (Wildman–Crippen LogP) is 4.35. The molecule has 28 heavy (non-hydrogen) atoms. The summed E-state index contributed by atoms with van der Waals surface area (Å²) in [6.45, 7) is 4.33. The molecule has 152 valence electrons. The lowest BCUT2D eigenvalue weighted by atomic mass is 9.77. The SMILES string of the molecule is CC(C)(C(=O)NCc1cc(Cl)c(C2CCC(=O)NC2=O)c(Cl)c1)C1CCCC1. The standard InChI is InChI=1S/C21H26Cl2N2O3/c1-21(2,13-5-3-4-6-13)20(28)24-11-12-9-15(22)18(16(23)10-12)14-7-8-17(26)25-19(14)27/h9-10,13-14H,3-8,11H2,1-2H3,(H,24,28)(H,25,26,27). The molecule has 2 fully saturated rings. The Hall–Kier alpha value is -1.59. The first-order valence-corrected chi connectivity index (χ1v) is 10.6. The van der Waals surface area contributed by atoms with Gasteiger partial charge in [-0.15, -0.1) is 0 Å². The first-order valence-electron chi connectivity index (χ1n) is 9.80. The maximum atomic E-state index is 12.7. The Kier molecular flexibility index (Phi) is 6.35. The molecule has 0 radical (unpaired) electrons. The fourth-order valence-electron chi connectivity index (χ4n) is 4.28. The van der Waals surface area contributed by atoms with E-state index >= 15 is 0 Å². The number of imide groups is 1. The summed E-state index contributed by atoms with van der Waals surface area (Å²) in [5, 5.41) is 6.08. The van der Waals surface area contributed by atoms with Crippen molar-refractivity contribution in [2.45, 2.75) is 64.8 Å². The minimum Gasteiger partial charge on any atom is -0.352 e. The Bertz CT molecular complexity index is 778. The Balaban J connectivity index is 1.70. The highest BCUT2D eigenvalue weighted by molar-refractivity contribution is 6.36. The van der Waals surface area contributed by atoms with E-state index in [1.165, 1.54) is 12.8 Å². The third-order valence-electron chi connectivity index (χ3n) is 6.14. The molecule has 1 saturated carbocycles. The molecule has 1 aromatic carbocycles. The van der Waals surface area contributed by atoms with Crippen LogP contribution in [0, 0.1) is 11.3 Å². The Morgan fingerprint density at radius 1 is 1.14 bits per heavy atom. The van der Waals surface area contributed by atoms with Crippen LogP contribution in [-0.2, 0) is 20.9 Å².